The van der Waals surface area contributed by atoms with Crippen LogP contribution in [0, 0.1) is 0 Å². The Morgan fingerprint density at radius 2 is 1.79 bits per heavy atom. The van der Waals surface area contributed by atoms with Crippen molar-refractivity contribution in [3.8, 4) is 0 Å². The molecule has 2 fully saturated rings. The average Bonchev–Trinajstić information content (AvgIpc) is 2.69. The number of nitrogens with zero attached hydrogens (tertiary/aromatic N) is 1. The molecule has 1 amide bonds. The van der Waals surface area contributed by atoms with E-state index in [2.05, 4.69) is 10.6 Å². The highest BCUT2D eigenvalue weighted by atomic mass is 35.5. The molecule has 1 aromatic carbocycles. The number of carbonyl (C=O) groups excluding carboxylic acids is 1. The molecule has 0 aromatic heterocycles. The summed E-state index contributed by atoms with van der Waals surface area (Å²) >= 11 is 0. The molecule has 0 spiro atoms. The van der Waals surface area contributed by atoms with Crippen LogP contribution in [0.3, 0.4) is 0 Å². The van der Waals surface area contributed by atoms with E-state index in [-0.39, 0.29) is 18.3 Å². The van der Waals surface area contributed by atoms with Gasteiger partial charge in [-0.2, -0.15) is 13.2 Å². The van der Waals surface area contributed by atoms with E-state index >= 15 is 0 Å². The number of carbonyl (C=O) groups is 1. The lowest BCUT2D eigenvalue weighted by atomic mass is 9.73. The maximum Gasteiger partial charge on any atom is 0.405 e. The second-order valence-electron chi connectivity index (χ2n) is 7.11. The maximum absolute atomic E-state index is 13.6. The van der Waals surface area contributed by atoms with Crippen molar-refractivity contribution in [2.75, 3.05) is 45.9 Å². The minimum Gasteiger partial charge on any atom is -0.381 e. The second-order valence-corrected chi connectivity index (χ2v) is 7.11. The van der Waals surface area contributed by atoms with Crippen molar-refractivity contribution in [1.29, 1.82) is 0 Å². The summed E-state index contributed by atoms with van der Waals surface area (Å²) in [7, 11) is 0. The number of hydrogen-bond acceptors (Lipinski definition) is 4. The summed E-state index contributed by atoms with van der Waals surface area (Å²) in [5.74, 6) is -0.346. The molecule has 2 aliphatic rings. The minimum absolute atomic E-state index is 0. The highest BCUT2D eigenvalue weighted by Gasteiger charge is 2.46. The van der Waals surface area contributed by atoms with Gasteiger partial charge in [-0.3, -0.25) is 9.69 Å². The average molecular weight is 422 g/mol. The Kier molecular flexibility index (Phi) is 8.12. The Bertz CT molecular complexity index is 619. The number of ether oxygens (including phenoxy) is 1. The first-order valence-corrected chi connectivity index (χ1v) is 9.36. The van der Waals surface area contributed by atoms with Gasteiger partial charge in [0.1, 0.15) is 6.04 Å². The van der Waals surface area contributed by atoms with E-state index in [0.29, 0.717) is 52.2 Å². The third-order valence-corrected chi connectivity index (χ3v) is 5.53. The smallest absolute Gasteiger partial charge is 0.381 e. The highest BCUT2D eigenvalue weighted by Crippen LogP contribution is 2.35. The maximum atomic E-state index is 13.6. The largest absolute Gasteiger partial charge is 0.405 e. The van der Waals surface area contributed by atoms with Crippen molar-refractivity contribution >= 4 is 18.3 Å². The molecule has 1 atom stereocenters. The number of amides is 1. The predicted octanol–water partition coefficient (Wildman–Crippen LogP) is 2.11. The summed E-state index contributed by atoms with van der Waals surface area (Å²) in [6.07, 6.45) is -3.46. The summed E-state index contributed by atoms with van der Waals surface area (Å²) in [5.41, 5.74) is -0.00409. The van der Waals surface area contributed by atoms with Gasteiger partial charge in [-0.25, -0.2) is 0 Å². The van der Waals surface area contributed by atoms with Crippen LogP contribution in [0.1, 0.15) is 18.4 Å². The standard InChI is InChI=1S/C19H26F3N3O2.ClH/c20-19(21,22)16(25-10-8-23-9-11-25)14-24-17(26)18(6-12-27-13-7-18)15-4-2-1-3-5-15;/h1-5,16,23H,6-14H2,(H,24,26);1H. The Hall–Kier alpha value is -1.35. The van der Waals surface area contributed by atoms with Gasteiger partial charge in [-0.1, -0.05) is 30.3 Å². The van der Waals surface area contributed by atoms with Crippen LogP contribution in [0.4, 0.5) is 13.2 Å². The normalized spacial score (nSPS) is 21.4. The zero-order chi connectivity index (χ0) is 19.3. The molecule has 2 saturated heterocycles. The number of benzene rings is 1. The van der Waals surface area contributed by atoms with E-state index in [1.165, 1.54) is 4.90 Å². The number of nitrogens with one attached hydrogen (secondary N) is 2. The summed E-state index contributed by atoms with van der Waals surface area (Å²) < 4.78 is 46.1. The second kappa shape index (κ2) is 9.91. The van der Waals surface area contributed by atoms with Crippen molar-refractivity contribution < 1.29 is 22.7 Å². The van der Waals surface area contributed by atoms with Gasteiger partial charge in [0.2, 0.25) is 5.91 Å². The van der Waals surface area contributed by atoms with Crippen molar-refractivity contribution in [1.82, 2.24) is 15.5 Å². The Morgan fingerprint density at radius 1 is 1.18 bits per heavy atom. The van der Waals surface area contributed by atoms with Gasteiger partial charge in [-0.15, -0.1) is 12.4 Å². The Balaban J connectivity index is 0.00000280. The van der Waals surface area contributed by atoms with Crippen LogP contribution in [0.5, 0.6) is 0 Å². The molecule has 2 heterocycles. The quantitative estimate of drug-likeness (QED) is 0.764. The molecule has 9 heteroatoms. The molecule has 28 heavy (non-hydrogen) atoms. The lowest BCUT2D eigenvalue weighted by Gasteiger charge is -2.39. The molecule has 0 aliphatic carbocycles. The molecule has 1 unspecified atom stereocenters. The van der Waals surface area contributed by atoms with Gasteiger partial charge in [-0.05, 0) is 18.4 Å². The number of hydrogen-bond donors (Lipinski definition) is 2. The lowest BCUT2D eigenvalue weighted by Crippen LogP contribution is -2.59. The van der Waals surface area contributed by atoms with E-state index in [1.54, 1.807) is 0 Å². The molecule has 2 aliphatic heterocycles. The third-order valence-electron chi connectivity index (χ3n) is 5.53. The number of piperazine rings is 1. The first-order chi connectivity index (χ1) is 12.9. The fourth-order valence-electron chi connectivity index (χ4n) is 3.93. The van der Waals surface area contributed by atoms with Gasteiger partial charge in [0, 0.05) is 45.9 Å². The molecular weight excluding hydrogens is 395 g/mol. The van der Waals surface area contributed by atoms with Gasteiger partial charge < -0.3 is 15.4 Å². The first-order valence-electron chi connectivity index (χ1n) is 9.36. The zero-order valence-electron chi connectivity index (χ0n) is 15.6. The first kappa shape index (κ1) is 22.9. The lowest BCUT2D eigenvalue weighted by molar-refractivity contribution is -0.184. The fraction of sp³-hybridized carbons (Fsp3) is 0.632. The van der Waals surface area contributed by atoms with Crippen LogP contribution in [-0.2, 0) is 14.9 Å². The molecule has 0 bridgehead atoms. The fourth-order valence-corrected chi connectivity index (χ4v) is 3.93. The summed E-state index contributed by atoms with van der Waals surface area (Å²) in [6.45, 7) is 2.08. The summed E-state index contributed by atoms with van der Waals surface area (Å²) in [5, 5.41) is 5.67. The van der Waals surface area contributed by atoms with Crippen LogP contribution in [0.2, 0.25) is 0 Å². The van der Waals surface area contributed by atoms with Crippen LogP contribution in [0.15, 0.2) is 30.3 Å². The van der Waals surface area contributed by atoms with Crippen LogP contribution in [-0.4, -0.2) is 69.0 Å². The third kappa shape index (κ3) is 5.17. The van der Waals surface area contributed by atoms with E-state index in [1.807, 2.05) is 30.3 Å². The van der Waals surface area contributed by atoms with Crippen molar-refractivity contribution in [3.05, 3.63) is 35.9 Å². The molecule has 0 saturated carbocycles. The Labute approximate surface area is 169 Å². The van der Waals surface area contributed by atoms with E-state index in [0.717, 1.165) is 5.56 Å². The van der Waals surface area contributed by atoms with Crippen molar-refractivity contribution in [3.63, 3.8) is 0 Å². The van der Waals surface area contributed by atoms with E-state index in [4.69, 9.17) is 4.74 Å². The zero-order valence-corrected chi connectivity index (χ0v) is 16.5. The molecular formula is C19H27ClF3N3O2. The number of alkyl halides is 3. The summed E-state index contributed by atoms with van der Waals surface area (Å²) in [6, 6.07) is 7.61. The molecule has 0 radical (unpaired) electrons. The van der Waals surface area contributed by atoms with Gasteiger partial charge in [0.25, 0.3) is 0 Å². The van der Waals surface area contributed by atoms with E-state index < -0.39 is 24.2 Å². The molecule has 3 rings (SSSR count). The van der Waals surface area contributed by atoms with Gasteiger partial charge in [0.05, 0.1) is 5.41 Å². The monoisotopic (exact) mass is 421 g/mol. The van der Waals surface area contributed by atoms with Gasteiger partial charge in [0.15, 0.2) is 0 Å². The van der Waals surface area contributed by atoms with Crippen LogP contribution >= 0.6 is 12.4 Å². The van der Waals surface area contributed by atoms with E-state index in [9.17, 15) is 18.0 Å². The van der Waals surface area contributed by atoms with Gasteiger partial charge >= 0.3 is 6.18 Å². The molecule has 1 aromatic rings. The highest BCUT2D eigenvalue weighted by molar-refractivity contribution is 5.88. The van der Waals surface area contributed by atoms with Crippen molar-refractivity contribution in [2.24, 2.45) is 0 Å². The number of rotatable bonds is 5. The topological polar surface area (TPSA) is 53.6 Å². The predicted molar refractivity (Wildman–Crippen MR) is 103 cm³/mol. The number of halogens is 4. The Morgan fingerprint density at radius 3 is 2.36 bits per heavy atom. The van der Waals surface area contributed by atoms with Crippen molar-refractivity contribution in [2.45, 2.75) is 30.5 Å². The molecule has 158 valence electrons. The SMILES string of the molecule is Cl.O=C(NCC(N1CCNCC1)C(F)(F)F)C1(c2ccccc2)CCOCC1. The van der Waals surface area contributed by atoms with Crippen LogP contribution in [0.25, 0.3) is 0 Å². The molecule has 5 nitrogen and oxygen atoms in total. The summed E-state index contributed by atoms with van der Waals surface area (Å²) in [4.78, 5) is 14.5. The van der Waals surface area contributed by atoms with Crippen LogP contribution < -0.4 is 10.6 Å². The minimum atomic E-state index is -4.39. The molecule has 2 N–H and O–H groups in total.